The molecule has 1 N–H and O–H groups in total. The minimum absolute atomic E-state index is 0.00876. The van der Waals surface area contributed by atoms with Gasteiger partial charge in [0.1, 0.15) is 16.3 Å². The van der Waals surface area contributed by atoms with Gasteiger partial charge >= 0.3 is 0 Å². The van der Waals surface area contributed by atoms with Crippen LogP contribution < -0.4 is 25.2 Å². The third-order valence-corrected chi connectivity index (χ3v) is 10.3. The molecule has 1 aliphatic heterocycles. The molecule has 5 rings (SSSR count). The van der Waals surface area contributed by atoms with Crippen molar-refractivity contribution < 1.29 is 22.7 Å². The van der Waals surface area contributed by atoms with Crippen molar-refractivity contribution in [3.8, 4) is 11.5 Å². The van der Waals surface area contributed by atoms with Crippen molar-refractivity contribution in [1.29, 1.82) is 0 Å². The highest BCUT2D eigenvalue weighted by atomic mass is 32.2. The zero-order chi connectivity index (χ0) is 31.3. The summed E-state index contributed by atoms with van der Waals surface area (Å²) >= 11 is 1.15. The molecule has 1 saturated heterocycles. The number of carbonyl (C=O) groups excluding carboxylic acids is 1. The number of benzene rings is 1. The molecule has 13 nitrogen and oxygen atoms in total. The summed E-state index contributed by atoms with van der Waals surface area (Å²) in [4.78, 5) is 41.9. The Bertz CT molecular complexity index is 1790. The summed E-state index contributed by atoms with van der Waals surface area (Å²) in [5.41, 5.74) is 0.385. The average Bonchev–Trinajstić information content (AvgIpc) is 3.38. The number of hydrogen-bond donors (Lipinski definition) is 1. The van der Waals surface area contributed by atoms with Crippen LogP contribution in [0.4, 0.5) is 5.95 Å². The zero-order valence-corrected chi connectivity index (χ0v) is 26.5. The maximum atomic E-state index is 13.8. The quantitative estimate of drug-likeness (QED) is 0.244. The van der Waals surface area contributed by atoms with Gasteiger partial charge in [-0.25, -0.2) is 23.4 Å². The Labute approximate surface area is 259 Å². The molecule has 0 bridgehead atoms. The molecular weight excluding hydrogens is 606 g/mol. The molecule has 3 aromatic heterocycles. The Morgan fingerprint density at radius 2 is 1.73 bits per heavy atom. The summed E-state index contributed by atoms with van der Waals surface area (Å²) in [6, 6.07) is 7.37. The number of thiophene rings is 1. The molecule has 1 amide bonds. The van der Waals surface area contributed by atoms with Crippen LogP contribution in [0.3, 0.4) is 0 Å². The fourth-order valence-electron chi connectivity index (χ4n) is 5.06. The summed E-state index contributed by atoms with van der Waals surface area (Å²) in [5.74, 6) is 1.47. The molecule has 1 aromatic carbocycles. The summed E-state index contributed by atoms with van der Waals surface area (Å²) in [6.07, 6.45) is 5.12. The minimum atomic E-state index is -4.01. The number of amides is 1. The molecule has 0 unspecified atom stereocenters. The van der Waals surface area contributed by atoms with Gasteiger partial charge in [0.05, 0.1) is 24.9 Å². The van der Waals surface area contributed by atoms with E-state index >= 15 is 0 Å². The second-order valence-corrected chi connectivity index (χ2v) is 13.1. The number of piperazine rings is 1. The molecule has 4 aromatic rings. The maximum absolute atomic E-state index is 13.8. The van der Waals surface area contributed by atoms with Crippen molar-refractivity contribution in [3.63, 3.8) is 0 Å². The number of sulfonamides is 1. The monoisotopic (exact) mass is 641 g/mol. The molecule has 0 radical (unpaired) electrons. The zero-order valence-electron chi connectivity index (χ0n) is 24.9. The van der Waals surface area contributed by atoms with E-state index in [-0.39, 0.29) is 35.8 Å². The fourth-order valence-corrected chi connectivity index (χ4v) is 8.15. The van der Waals surface area contributed by atoms with Gasteiger partial charge in [-0.2, -0.15) is 4.31 Å². The fraction of sp³-hybridized carbons (Fsp3) is 0.414. The van der Waals surface area contributed by atoms with Gasteiger partial charge in [0.15, 0.2) is 11.5 Å². The first kappa shape index (κ1) is 31.3. The van der Waals surface area contributed by atoms with Gasteiger partial charge < -0.3 is 19.7 Å². The van der Waals surface area contributed by atoms with Crippen LogP contribution in [0.2, 0.25) is 0 Å². The number of aromatic nitrogens is 4. The summed E-state index contributed by atoms with van der Waals surface area (Å²) in [7, 11) is -4.01. The molecule has 4 heterocycles. The summed E-state index contributed by atoms with van der Waals surface area (Å²) in [5, 5.41) is 2.84. The van der Waals surface area contributed by atoms with Crippen LogP contribution in [0.25, 0.3) is 10.2 Å². The molecular formula is C29H35N7O6S2. The molecule has 15 heteroatoms. The first-order chi connectivity index (χ1) is 21.2. The van der Waals surface area contributed by atoms with E-state index < -0.39 is 15.6 Å². The third-order valence-electron chi connectivity index (χ3n) is 7.13. The van der Waals surface area contributed by atoms with Crippen molar-refractivity contribution in [3.05, 3.63) is 63.8 Å². The van der Waals surface area contributed by atoms with E-state index in [0.717, 1.165) is 21.5 Å². The Hall–Kier alpha value is -4.08. The number of aryl methyl sites for hydroxylation is 1. The van der Waals surface area contributed by atoms with Gasteiger partial charge in [0.2, 0.25) is 21.9 Å². The van der Waals surface area contributed by atoms with Crippen LogP contribution in [0.1, 0.15) is 24.3 Å². The SMILES string of the molecule is CCOc1ccc(CCNC(=O)Cn2cnc3sc(C)c(S(=O)(=O)N4CCN(c5ncccn5)CC4)c3c2=O)cc1OCC. The van der Waals surface area contributed by atoms with E-state index in [0.29, 0.717) is 66.4 Å². The minimum Gasteiger partial charge on any atom is -0.490 e. The average molecular weight is 642 g/mol. The smallest absolute Gasteiger partial charge is 0.263 e. The van der Waals surface area contributed by atoms with Gasteiger partial charge in [0, 0.05) is 50.0 Å². The first-order valence-electron chi connectivity index (χ1n) is 14.4. The second kappa shape index (κ2) is 13.7. The normalized spacial score (nSPS) is 14.1. The van der Waals surface area contributed by atoms with Gasteiger partial charge in [-0.1, -0.05) is 6.07 Å². The van der Waals surface area contributed by atoms with E-state index in [1.54, 1.807) is 25.4 Å². The Morgan fingerprint density at radius 1 is 1.02 bits per heavy atom. The van der Waals surface area contributed by atoms with E-state index in [1.165, 1.54) is 10.6 Å². The lowest BCUT2D eigenvalue weighted by molar-refractivity contribution is -0.121. The Kier molecular flexibility index (Phi) is 9.76. The molecule has 0 aliphatic carbocycles. The van der Waals surface area contributed by atoms with Gasteiger partial charge in [0.25, 0.3) is 5.56 Å². The molecule has 1 aliphatic rings. The van der Waals surface area contributed by atoms with Crippen LogP contribution >= 0.6 is 11.3 Å². The Balaban J connectivity index is 1.27. The number of hydrogen-bond acceptors (Lipinski definition) is 11. The van der Waals surface area contributed by atoms with Gasteiger partial charge in [-0.15, -0.1) is 11.3 Å². The number of nitrogens with zero attached hydrogens (tertiary/aromatic N) is 6. The number of carbonyl (C=O) groups is 1. The van der Waals surface area contributed by atoms with Crippen LogP contribution in [0.5, 0.6) is 11.5 Å². The van der Waals surface area contributed by atoms with Crippen molar-refractivity contribution in [2.75, 3.05) is 50.8 Å². The maximum Gasteiger partial charge on any atom is 0.263 e. The number of fused-ring (bicyclic) bond motifs is 1. The van der Waals surface area contributed by atoms with E-state index in [9.17, 15) is 18.0 Å². The van der Waals surface area contributed by atoms with Crippen molar-refractivity contribution >= 4 is 43.4 Å². The summed E-state index contributed by atoms with van der Waals surface area (Å²) < 4.78 is 41.4. The number of ether oxygens (including phenoxy) is 2. The lowest BCUT2D eigenvalue weighted by atomic mass is 10.1. The molecule has 1 fully saturated rings. The topological polar surface area (TPSA) is 149 Å². The second-order valence-electron chi connectivity index (χ2n) is 10.0. The van der Waals surface area contributed by atoms with Crippen molar-refractivity contribution in [2.45, 2.75) is 38.6 Å². The number of nitrogens with one attached hydrogen (secondary N) is 1. The van der Waals surface area contributed by atoms with Crippen LogP contribution in [-0.4, -0.2) is 84.1 Å². The largest absolute Gasteiger partial charge is 0.490 e. The van der Waals surface area contributed by atoms with Gasteiger partial charge in [-0.05, 0) is 51.0 Å². The summed E-state index contributed by atoms with van der Waals surface area (Å²) in [6.45, 7) is 7.80. The van der Waals surface area contributed by atoms with Crippen LogP contribution in [0.15, 0.2) is 52.7 Å². The molecule has 0 saturated carbocycles. The molecule has 44 heavy (non-hydrogen) atoms. The van der Waals surface area contributed by atoms with E-state index in [2.05, 4.69) is 20.3 Å². The van der Waals surface area contributed by atoms with Gasteiger partial charge in [-0.3, -0.25) is 14.2 Å². The van der Waals surface area contributed by atoms with E-state index in [4.69, 9.17) is 9.47 Å². The third kappa shape index (κ3) is 6.69. The lowest BCUT2D eigenvalue weighted by Crippen LogP contribution is -2.49. The molecule has 0 atom stereocenters. The van der Waals surface area contributed by atoms with Crippen molar-refractivity contribution in [2.24, 2.45) is 0 Å². The lowest BCUT2D eigenvalue weighted by Gasteiger charge is -2.33. The highest BCUT2D eigenvalue weighted by Gasteiger charge is 2.34. The first-order valence-corrected chi connectivity index (χ1v) is 16.6. The highest BCUT2D eigenvalue weighted by molar-refractivity contribution is 7.89. The van der Waals surface area contributed by atoms with Crippen LogP contribution in [-0.2, 0) is 27.8 Å². The molecule has 234 valence electrons. The standard InChI is InChI=1S/C29H35N7O6S2/c1-4-41-22-8-7-21(17-23(22)42-5-2)9-12-30-24(37)18-35-19-33-27-25(28(35)38)26(20(3)43-27)44(39,40)36-15-13-34(14-16-36)29-31-10-6-11-32-29/h6-8,10-11,17,19H,4-5,9,12-16,18H2,1-3H3,(H,30,37). The van der Waals surface area contributed by atoms with Crippen molar-refractivity contribution in [1.82, 2.24) is 29.1 Å². The van der Waals surface area contributed by atoms with Crippen LogP contribution in [0, 0.1) is 6.92 Å². The number of anilines is 1. The highest BCUT2D eigenvalue weighted by Crippen LogP contribution is 2.33. The molecule has 0 spiro atoms. The Morgan fingerprint density at radius 3 is 2.43 bits per heavy atom. The number of rotatable bonds is 12. The van der Waals surface area contributed by atoms with E-state index in [1.807, 2.05) is 36.9 Å². The predicted molar refractivity (Wildman–Crippen MR) is 167 cm³/mol. The predicted octanol–water partition coefficient (Wildman–Crippen LogP) is 2.22.